The van der Waals surface area contributed by atoms with Gasteiger partial charge in [-0.15, -0.1) is 0 Å². The number of likely N-dealkylation sites (tertiary alicyclic amines) is 1. The number of nitrogens with zero attached hydrogens (tertiary/aromatic N) is 1. The molecule has 0 bridgehead atoms. The number of Topliss-reactive ketones (excluding diaryl/α,β-unsaturated/α-hetero) is 1. The maximum Gasteiger partial charge on any atom is 0.410 e. The first-order valence-electron chi connectivity index (χ1n) is 8.70. The number of piperidine rings is 1. The van der Waals surface area contributed by atoms with Gasteiger partial charge in [-0.25, -0.2) is 4.79 Å². The molecule has 0 aromatic heterocycles. The van der Waals surface area contributed by atoms with Crippen LogP contribution in [0.25, 0.3) is 0 Å². The van der Waals surface area contributed by atoms with E-state index in [2.05, 4.69) is 5.32 Å². The van der Waals surface area contributed by atoms with Crippen LogP contribution in [-0.2, 0) is 9.53 Å². The Morgan fingerprint density at radius 1 is 1.16 bits per heavy atom. The minimum atomic E-state index is -0.460. The van der Waals surface area contributed by atoms with Crippen molar-refractivity contribution >= 4 is 17.6 Å². The fraction of sp³-hybridized carbons (Fsp3) is 0.579. The number of amides is 1. The highest BCUT2D eigenvalue weighted by molar-refractivity contribution is 5.77. The van der Waals surface area contributed by atoms with Gasteiger partial charge >= 0.3 is 6.09 Å². The summed E-state index contributed by atoms with van der Waals surface area (Å²) in [4.78, 5) is 24.8. The Hall–Kier alpha value is -2.24. The Morgan fingerprint density at radius 2 is 1.76 bits per heavy atom. The molecule has 1 N–H and O–H groups in total. The van der Waals surface area contributed by atoms with Gasteiger partial charge in [-0.2, -0.15) is 0 Å². The largest absolute Gasteiger partial charge is 0.486 e. The quantitative estimate of drug-likeness (QED) is 0.882. The van der Waals surface area contributed by atoms with E-state index in [1.54, 1.807) is 4.90 Å². The number of ketones is 1. The van der Waals surface area contributed by atoms with E-state index < -0.39 is 5.60 Å². The average Bonchev–Trinajstić information content (AvgIpc) is 2.53. The van der Waals surface area contributed by atoms with Crippen molar-refractivity contribution in [2.75, 3.05) is 25.0 Å². The molecule has 1 saturated heterocycles. The molecule has 1 heterocycles. The Kier molecular flexibility index (Phi) is 6.28. The number of carbonyl (C=O) groups excluding carboxylic acids is 2. The van der Waals surface area contributed by atoms with Gasteiger partial charge in [-0.05, 0) is 64.8 Å². The maximum absolute atomic E-state index is 12.1. The van der Waals surface area contributed by atoms with Crippen molar-refractivity contribution in [2.24, 2.45) is 0 Å². The van der Waals surface area contributed by atoms with Crippen molar-refractivity contribution < 1.29 is 19.1 Å². The number of nitrogens with one attached hydrogen (secondary N) is 1. The lowest BCUT2D eigenvalue weighted by atomic mass is 10.0. The average molecular weight is 348 g/mol. The Bertz CT molecular complexity index is 584. The van der Waals surface area contributed by atoms with Gasteiger partial charge in [0.25, 0.3) is 0 Å². The lowest BCUT2D eigenvalue weighted by Gasteiger charge is -2.34. The molecule has 1 aromatic carbocycles. The number of carbonyl (C=O) groups is 2. The van der Waals surface area contributed by atoms with E-state index in [-0.39, 0.29) is 18.5 Å². The number of benzene rings is 1. The summed E-state index contributed by atoms with van der Waals surface area (Å²) in [5.41, 5.74) is 0.546. The molecule has 6 nitrogen and oxygen atoms in total. The van der Waals surface area contributed by atoms with Crippen LogP contribution in [0.2, 0.25) is 0 Å². The van der Waals surface area contributed by atoms with Crippen LogP contribution in [0.3, 0.4) is 0 Å². The SMILES string of the molecule is CC(=O)COc1ccc(NC2CCN(C(=O)OC(C)(C)C)CC2)cc1. The second-order valence-electron chi connectivity index (χ2n) is 7.40. The van der Waals surface area contributed by atoms with Gasteiger partial charge in [0.1, 0.15) is 18.0 Å². The zero-order valence-electron chi connectivity index (χ0n) is 15.5. The van der Waals surface area contributed by atoms with Crippen LogP contribution in [0.5, 0.6) is 5.75 Å². The number of ether oxygens (including phenoxy) is 2. The molecular formula is C19H28N2O4. The highest BCUT2D eigenvalue weighted by Gasteiger charge is 2.26. The molecule has 0 radical (unpaired) electrons. The molecule has 0 saturated carbocycles. The maximum atomic E-state index is 12.1. The molecule has 6 heteroatoms. The summed E-state index contributed by atoms with van der Waals surface area (Å²) in [6.07, 6.45) is 1.52. The third-order valence-corrected chi connectivity index (χ3v) is 3.81. The standard InChI is InChI=1S/C19H28N2O4/c1-14(22)13-24-17-7-5-15(6-8-17)20-16-9-11-21(12-10-16)18(23)25-19(2,3)4/h5-8,16,20H,9-13H2,1-4H3. The highest BCUT2D eigenvalue weighted by Crippen LogP contribution is 2.21. The number of anilines is 1. The first-order chi connectivity index (χ1) is 11.7. The molecule has 25 heavy (non-hydrogen) atoms. The molecule has 2 rings (SSSR count). The van der Waals surface area contributed by atoms with Crippen molar-refractivity contribution in [1.82, 2.24) is 4.90 Å². The molecular weight excluding hydrogens is 320 g/mol. The molecule has 1 aromatic rings. The van der Waals surface area contributed by atoms with E-state index in [0.29, 0.717) is 24.9 Å². The molecule has 1 aliphatic rings. The van der Waals surface area contributed by atoms with Gasteiger partial charge < -0.3 is 19.7 Å². The molecule has 138 valence electrons. The van der Waals surface area contributed by atoms with E-state index in [9.17, 15) is 9.59 Å². The third kappa shape index (κ3) is 6.64. The zero-order chi connectivity index (χ0) is 18.4. The smallest absolute Gasteiger partial charge is 0.410 e. The van der Waals surface area contributed by atoms with Crippen LogP contribution >= 0.6 is 0 Å². The van der Waals surface area contributed by atoms with Gasteiger partial charge in [-0.3, -0.25) is 4.79 Å². The van der Waals surface area contributed by atoms with E-state index >= 15 is 0 Å². The molecule has 0 aliphatic carbocycles. The fourth-order valence-corrected chi connectivity index (χ4v) is 2.60. The molecule has 0 unspecified atom stereocenters. The summed E-state index contributed by atoms with van der Waals surface area (Å²) in [6, 6.07) is 7.90. The first-order valence-corrected chi connectivity index (χ1v) is 8.70. The van der Waals surface area contributed by atoms with E-state index in [4.69, 9.17) is 9.47 Å². The van der Waals surface area contributed by atoms with Crippen molar-refractivity contribution in [3.8, 4) is 5.75 Å². The summed E-state index contributed by atoms with van der Waals surface area (Å²) in [5, 5.41) is 3.48. The van der Waals surface area contributed by atoms with Gasteiger partial charge in [-0.1, -0.05) is 0 Å². The molecule has 0 atom stereocenters. The molecule has 1 fully saturated rings. The van der Waals surface area contributed by atoms with Crippen LogP contribution in [0, 0.1) is 0 Å². The summed E-state index contributed by atoms with van der Waals surface area (Å²) in [6.45, 7) is 8.60. The Balaban J connectivity index is 1.78. The highest BCUT2D eigenvalue weighted by atomic mass is 16.6. The summed E-state index contributed by atoms with van der Waals surface area (Å²) in [5.74, 6) is 0.680. The molecule has 0 spiro atoms. The van der Waals surface area contributed by atoms with E-state index in [1.165, 1.54) is 6.92 Å². The minimum Gasteiger partial charge on any atom is -0.486 e. The van der Waals surface area contributed by atoms with Crippen LogP contribution in [0.15, 0.2) is 24.3 Å². The van der Waals surface area contributed by atoms with Crippen LogP contribution in [-0.4, -0.2) is 48.1 Å². The van der Waals surface area contributed by atoms with Crippen LogP contribution < -0.4 is 10.1 Å². The van der Waals surface area contributed by atoms with Crippen LogP contribution in [0.1, 0.15) is 40.5 Å². The molecule has 1 amide bonds. The van der Waals surface area contributed by atoms with Gasteiger partial charge in [0, 0.05) is 24.8 Å². The van der Waals surface area contributed by atoms with Gasteiger partial charge in [0.05, 0.1) is 0 Å². The van der Waals surface area contributed by atoms with E-state index in [0.717, 1.165) is 18.5 Å². The Morgan fingerprint density at radius 3 is 2.28 bits per heavy atom. The predicted molar refractivity (Wildman–Crippen MR) is 97.1 cm³/mol. The second kappa shape index (κ2) is 8.23. The van der Waals surface area contributed by atoms with Crippen LogP contribution in [0.4, 0.5) is 10.5 Å². The summed E-state index contributed by atoms with van der Waals surface area (Å²) < 4.78 is 10.8. The zero-order valence-corrected chi connectivity index (χ0v) is 15.5. The minimum absolute atomic E-state index is 0.000974. The van der Waals surface area contributed by atoms with E-state index in [1.807, 2.05) is 45.0 Å². The predicted octanol–water partition coefficient (Wildman–Crippen LogP) is 3.47. The monoisotopic (exact) mass is 348 g/mol. The number of rotatable bonds is 5. The number of hydrogen-bond acceptors (Lipinski definition) is 5. The summed E-state index contributed by atoms with van der Waals surface area (Å²) >= 11 is 0. The fourth-order valence-electron chi connectivity index (χ4n) is 2.60. The normalized spacial score (nSPS) is 15.6. The topological polar surface area (TPSA) is 67.9 Å². The van der Waals surface area contributed by atoms with Crippen molar-refractivity contribution in [1.29, 1.82) is 0 Å². The lowest BCUT2D eigenvalue weighted by Crippen LogP contribution is -2.44. The summed E-state index contributed by atoms with van der Waals surface area (Å²) in [7, 11) is 0. The Labute approximate surface area is 149 Å². The third-order valence-electron chi connectivity index (χ3n) is 3.81. The molecule has 1 aliphatic heterocycles. The number of hydrogen-bond donors (Lipinski definition) is 1. The lowest BCUT2D eigenvalue weighted by molar-refractivity contribution is -0.118. The van der Waals surface area contributed by atoms with Crippen molar-refractivity contribution in [3.05, 3.63) is 24.3 Å². The first kappa shape index (κ1) is 19.1. The van der Waals surface area contributed by atoms with Crippen molar-refractivity contribution in [3.63, 3.8) is 0 Å². The van der Waals surface area contributed by atoms with Gasteiger partial charge in [0.15, 0.2) is 5.78 Å². The van der Waals surface area contributed by atoms with Crippen molar-refractivity contribution in [2.45, 2.75) is 52.2 Å². The van der Waals surface area contributed by atoms with Gasteiger partial charge in [0.2, 0.25) is 0 Å². The second-order valence-corrected chi connectivity index (χ2v) is 7.40.